The van der Waals surface area contributed by atoms with E-state index in [4.69, 9.17) is 0 Å². The summed E-state index contributed by atoms with van der Waals surface area (Å²) in [4.78, 5) is 0. The summed E-state index contributed by atoms with van der Waals surface area (Å²) in [6, 6.07) is 9.09. The summed E-state index contributed by atoms with van der Waals surface area (Å²) in [6.45, 7) is 0. The molecule has 0 nitrogen and oxygen atoms in total. The fraction of sp³-hybridized carbons (Fsp3) is 0.647. The zero-order valence-corrected chi connectivity index (χ0v) is 18.5. The van der Waals surface area contributed by atoms with Gasteiger partial charge in [-0.3, -0.25) is 0 Å². The first-order chi connectivity index (χ1) is 11.3. The smallest absolute Gasteiger partial charge is 0.0866 e. The van der Waals surface area contributed by atoms with E-state index >= 15 is 0 Å². The molecule has 0 radical (unpaired) electrons. The minimum Gasteiger partial charge on any atom is -0.179 e. The minimum absolute atomic E-state index is 0.291. The van der Waals surface area contributed by atoms with Crippen LogP contribution in [0.5, 0.6) is 0 Å². The first kappa shape index (κ1) is 20.6. The van der Waals surface area contributed by atoms with E-state index in [0.717, 1.165) is 11.5 Å². The summed E-state index contributed by atoms with van der Waals surface area (Å²) in [5.41, 5.74) is 3.16. The first-order valence-corrected chi connectivity index (χ1v) is 13.6. The van der Waals surface area contributed by atoms with Gasteiger partial charge in [0.2, 0.25) is 0 Å². The number of thiol groups is 2. The predicted octanol–water partition coefficient (Wildman–Crippen LogP) is 5.58. The van der Waals surface area contributed by atoms with Gasteiger partial charge in [-0.2, -0.15) is 48.8 Å². The number of hydrogen-bond donors (Lipinski definition) is 2. The van der Waals surface area contributed by atoms with E-state index in [2.05, 4.69) is 73.0 Å². The zero-order valence-electron chi connectivity index (χ0n) is 13.4. The van der Waals surface area contributed by atoms with Crippen molar-refractivity contribution in [2.75, 3.05) is 46.0 Å². The van der Waals surface area contributed by atoms with E-state index in [0.29, 0.717) is 4.08 Å². The number of aryl methyl sites for hydroxylation is 1. The van der Waals surface area contributed by atoms with E-state index < -0.39 is 0 Å². The van der Waals surface area contributed by atoms with Gasteiger partial charge in [-0.05, 0) is 35.5 Å². The van der Waals surface area contributed by atoms with Crippen molar-refractivity contribution >= 4 is 72.3 Å². The first-order valence-electron chi connectivity index (χ1n) is 8.06. The molecule has 0 N–H and O–H groups in total. The summed E-state index contributed by atoms with van der Waals surface area (Å²) in [5, 5.41) is 0. The highest BCUT2D eigenvalue weighted by Gasteiger charge is 2.39. The van der Waals surface area contributed by atoms with Crippen LogP contribution in [-0.4, -0.2) is 46.0 Å². The molecule has 0 saturated heterocycles. The number of fused-ring (bicyclic) bond motifs is 1. The molecule has 0 aromatic heterocycles. The maximum Gasteiger partial charge on any atom is 0.0866 e. The molecular weight excluding hydrogens is 397 g/mol. The van der Waals surface area contributed by atoms with E-state index in [1.54, 1.807) is 11.1 Å². The molecule has 0 amide bonds. The fourth-order valence-corrected chi connectivity index (χ4v) is 8.49. The van der Waals surface area contributed by atoms with Crippen LogP contribution in [0.3, 0.4) is 0 Å². The van der Waals surface area contributed by atoms with E-state index in [-0.39, 0.29) is 0 Å². The van der Waals surface area contributed by atoms with Gasteiger partial charge >= 0.3 is 0 Å². The molecule has 0 atom stereocenters. The maximum atomic E-state index is 4.30. The molecule has 0 heterocycles. The molecular formula is C17H26S6. The second kappa shape index (κ2) is 11.8. The molecule has 0 fully saturated rings. The van der Waals surface area contributed by atoms with E-state index in [9.17, 15) is 0 Å². The van der Waals surface area contributed by atoms with E-state index in [1.807, 2.05) is 23.5 Å². The van der Waals surface area contributed by atoms with Crippen molar-refractivity contribution in [3.8, 4) is 0 Å². The minimum atomic E-state index is 0.291. The molecule has 0 saturated carbocycles. The van der Waals surface area contributed by atoms with Crippen molar-refractivity contribution in [3.63, 3.8) is 0 Å². The molecule has 1 aromatic rings. The van der Waals surface area contributed by atoms with Crippen molar-refractivity contribution in [1.82, 2.24) is 0 Å². The molecule has 6 heteroatoms. The summed E-state index contributed by atoms with van der Waals surface area (Å²) >= 11 is 17.0. The van der Waals surface area contributed by atoms with Crippen LogP contribution in [-0.2, 0) is 10.5 Å². The third kappa shape index (κ3) is 6.52. The van der Waals surface area contributed by atoms with Gasteiger partial charge in [0.25, 0.3) is 0 Å². The highest BCUT2D eigenvalue weighted by Crippen LogP contribution is 2.55. The largest absolute Gasteiger partial charge is 0.179 e. The Balaban J connectivity index is 1.92. The van der Waals surface area contributed by atoms with Crippen LogP contribution >= 0.6 is 72.3 Å². The molecule has 1 aliphatic carbocycles. The Hall–Kier alpha value is 1.32. The van der Waals surface area contributed by atoms with Crippen molar-refractivity contribution in [1.29, 1.82) is 0 Å². The van der Waals surface area contributed by atoms with Crippen molar-refractivity contribution < 1.29 is 0 Å². The average molecular weight is 423 g/mol. The normalized spacial score (nSPS) is 15.7. The quantitative estimate of drug-likeness (QED) is 0.256. The van der Waals surface area contributed by atoms with Crippen LogP contribution in [0.15, 0.2) is 24.3 Å². The Morgan fingerprint density at radius 1 is 0.826 bits per heavy atom. The highest BCUT2D eigenvalue weighted by atomic mass is 32.2. The van der Waals surface area contributed by atoms with Crippen LogP contribution in [0.1, 0.15) is 17.5 Å². The van der Waals surface area contributed by atoms with Gasteiger partial charge < -0.3 is 0 Å². The van der Waals surface area contributed by atoms with Crippen molar-refractivity contribution in [3.05, 3.63) is 35.4 Å². The average Bonchev–Trinajstić information content (AvgIpc) is 2.94. The lowest BCUT2D eigenvalue weighted by atomic mass is 10.1. The topological polar surface area (TPSA) is 0 Å². The summed E-state index contributed by atoms with van der Waals surface area (Å²) in [7, 11) is 0. The molecule has 0 unspecified atom stereocenters. The molecule has 23 heavy (non-hydrogen) atoms. The second-order valence-corrected chi connectivity index (χ2v) is 11.7. The summed E-state index contributed by atoms with van der Waals surface area (Å²) < 4.78 is 0.291. The van der Waals surface area contributed by atoms with Crippen LogP contribution in [0.25, 0.3) is 0 Å². The van der Waals surface area contributed by atoms with Crippen LogP contribution in [0.2, 0.25) is 0 Å². The molecule has 1 aromatic carbocycles. The lowest BCUT2D eigenvalue weighted by molar-refractivity contribution is 0.837. The van der Waals surface area contributed by atoms with Gasteiger partial charge in [0, 0.05) is 34.5 Å². The number of benzene rings is 1. The van der Waals surface area contributed by atoms with Crippen molar-refractivity contribution in [2.24, 2.45) is 0 Å². The van der Waals surface area contributed by atoms with Gasteiger partial charge in [-0.15, -0.1) is 23.5 Å². The Bertz CT molecular complexity index is 436. The molecule has 0 aliphatic heterocycles. The fourth-order valence-electron chi connectivity index (χ4n) is 2.75. The van der Waals surface area contributed by atoms with Crippen LogP contribution in [0.4, 0.5) is 0 Å². The van der Waals surface area contributed by atoms with Gasteiger partial charge in [-0.1, -0.05) is 24.3 Å². The van der Waals surface area contributed by atoms with E-state index in [1.165, 1.54) is 47.4 Å². The Labute approximate surface area is 169 Å². The third-order valence-electron chi connectivity index (χ3n) is 3.75. The standard InChI is InChI=1S/C17H26S6/c18-7-9-20-11-13-22-17(23-14-12-21-10-8-19)6-5-15-3-1-2-4-16(15)17/h1-4,18-19H,5-14H2. The molecule has 0 bridgehead atoms. The van der Waals surface area contributed by atoms with Crippen LogP contribution < -0.4 is 0 Å². The molecule has 0 spiro atoms. The molecule has 2 rings (SSSR count). The van der Waals surface area contributed by atoms with Gasteiger partial charge in [0.05, 0.1) is 4.08 Å². The van der Waals surface area contributed by atoms with Crippen molar-refractivity contribution in [2.45, 2.75) is 16.9 Å². The molecule has 1 aliphatic rings. The van der Waals surface area contributed by atoms with Gasteiger partial charge in [0.1, 0.15) is 0 Å². The van der Waals surface area contributed by atoms with Gasteiger partial charge in [0.15, 0.2) is 0 Å². The Morgan fingerprint density at radius 3 is 2.04 bits per heavy atom. The lowest BCUT2D eigenvalue weighted by Crippen LogP contribution is -2.16. The number of rotatable bonds is 12. The maximum absolute atomic E-state index is 4.30. The second-order valence-electron chi connectivity index (χ2n) is 5.28. The summed E-state index contributed by atoms with van der Waals surface area (Å²) in [5.74, 6) is 9.27. The zero-order chi connectivity index (χ0) is 16.4. The third-order valence-corrected chi connectivity index (χ3v) is 10.6. The summed E-state index contributed by atoms with van der Waals surface area (Å²) in [6.07, 6.45) is 2.53. The molecule has 130 valence electrons. The van der Waals surface area contributed by atoms with Crippen LogP contribution in [0, 0.1) is 0 Å². The predicted molar refractivity (Wildman–Crippen MR) is 124 cm³/mol. The monoisotopic (exact) mass is 422 g/mol. The SMILES string of the molecule is SCCSCCSC1(SCCSCCS)CCc2ccccc21. The Kier molecular flexibility index (Phi) is 10.6. The van der Waals surface area contributed by atoms with Gasteiger partial charge in [-0.25, -0.2) is 0 Å². The number of hydrogen-bond acceptors (Lipinski definition) is 6. The lowest BCUT2D eigenvalue weighted by Gasteiger charge is -2.29. The highest BCUT2D eigenvalue weighted by molar-refractivity contribution is 8.18. The Morgan fingerprint density at radius 2 is 1.43 bits per heavy atom. The number of thioether (sulfide) groups is 4.